The first kappa shape index (κ1) is 11.1. The van der Waals surface area contributed by atoms with Gasteiger partial charge in [0.05, 0.1) is 10.5 Å². The third-order valence-electron chi connectivity index (χ3n) is 2.54. The van der Waals surface area contributed by atoms with E-state index < -0.39 is 4.92 Å². The molecular weight excluding hydrogens is 214 g/mol. The Kier molecular flexibility index (Phi) is 3.01. The lowest BCUT2D eigenvalue weighted by Crippen LogP contribution is -1.98. The average molecular weight is 225 g/mol. The maximum absolute atomic E-state index is 10.8. The highest BCUT2D eigenvalue weighted by Crippen LogP contribution is 2.27. The van der Waals surface area contributed by atoms with Crippen molar-refractivity contribution in [2.75, 3.05) is 0 Å². The maximum atomic E-state index is 10.8. The number of benzene rings is 2. The molecular formula is C14H11NO2. The van der Waals surface area contributed by atoms with Gasteiger partial charge in [0.1, 0.15) is 0 Å². The van der Waals surface area contributed by atoms with Crippen LogP contribution in [0.15, 0.2) is 61.2 Å². The molecule has 0 aliphatic carbocycles. The molecule has 2 aromatic rings. The van der Waals surface area contributed by atoms with Crippen LogP contribution < -0.4 is 0 Å². The minimum absolute atomic E-state index is 0.0792. The van der Waals surface area contributed by atoms with E-state index >= 15 is 0 Å². The minimum atomic E-state index is -0.457. The van der Waals surface area contributed by atoms with Crippen molar-refractivity contribution in [1.82, 2.24) is 0 Å². The Bertz CT molecular complexity index is 561. The quantitative estimate of drug-likeness (QED) is 0.591. The van der Waals surface area contributed by atoms with Crippen molar-refractivity contribution >= 4 is 5.70 Å². The first-order valence-corrected chi connectivity index (χ1v) is 5.18. The van der Waals surface area contributed by atoms with Crippen molar-refractivity contribution in [3.63, 3.8) is 0 Å². The Morgan fingerprint density at radius 1 is 1.00 bits per heavy atom. The van der Waals surface area contributed by atoms with Crippen LogP contribution in [0.1, 0.15) is 5.56 Å². The van der Waals surface area contributed by atoms with E-state index in [9.17, 15) is 10.1 Å². The highest BCUT2D eigenvalue weighted by Gasteiger charge is 2.15. The number of nitrogens with zero attached hydrogens (tertiary/aromatic N) is 1. The number of hydrogen-bond donors (Lipinski definition) is 0. The fourth-order valence-electron chi connectivity index (χ4n) is 1.70. The lowest BCUT2D eigenvalue weighted by atomic mass is 9.98. The Morgan fingerprint density at radius 3 is 2.24 bits per heavy atom. The number of rotatable bonds is 3. The van der Waals surface area contributed by atoms with Crippen molar-refractivity contribution in [3.8, 4) is 11.1 Å². The summed E-state index contributed by atoms with van der Waals surface area (Å²) in [6, 6.07) is 16.8. The first-order chi connectivity index (χ1) is 8.20. The fraction of sp³-hybridized carbons (Fsp3) is 0. The second-order valence-corrected chi connectivity index (χ2v) is 3.62. The summed E-state index contributed by atoms with van der Waals surface area (Å²) in [5.74, 6) is 0. The van der Waals surface area contributed by atoms with Gasteiger partial charge in [-0.15, -0.1) is 0 Å². The fourth-order valence-corrected chi connectivity index (χ4v) is 1.70. The molecule has 0 bridgehead atoms. The van der Waals surface area contributed by atoms with E-state index in [1.807, 2.05) is 42.5 Å². The lowest BCUT2D eigenvalue weighted by Gasteiger charge is -2.06. The molecule has 0 heterocycles. The molecule has 0 saturated heterocycles. The van der Waals surface area contributed by atoms with Crippen molar-refractivity contribution in [3.05, 3.63) is 76.9 Å². The van der Waals surface area contributed by atoms with Gasteiger partial charge < -0.3 is 0 Å². The minimum Gasteiger partial charge on any atom is -0.258 e. The molecule has 84 valence electrons. The summed E-state index contributed by atoms with van der Waals surface area (Å²) in [7, 11) is 0. The molecule has 0 radical (unpaired) electrons. The van der Waals surface area contributed by atoms with Gasteiger partial charge in [0.15, 0.2) is 0 Å². The van der Waals surface area contributed by atoms with Crippen LogP contribution in [0.25, 0.3) is 16.8 Å². The van der Waals surface area contributed by atoms with Crippen LogP contribution in [0.4, 0.5) is 0 Å². The van der Waals surface area contributed by atoms with Crippen LogP contribution in [-0.2, 0) is 0 Å². The van der Waals surface area contributed by atoms with Crippen LogP contribution in [0, 0.1) is 10.1 Å². The highest BCUT2D eigenvalue weighted by molar-refractivity contribution is 5.77. The van der Waals surface area contributed by atoms with Crippen LogP contribution in [0.5, 0.6) is 0 Å². The molecule has 0 aliphatic heterocycles. The summed E-state index contributed by atoms with van der Waals surface area (Å²) < 4.78 is 0. The smallest absolute Gasteiger partial charge is 0.258 e. The van der Waals surface area contributed by atoms with E-state index in [-0.39, 0.29) is 5.70 Å². The van der Waals surface area contributed by atoms with Crippen molar-refractivity contribution in [1.29, 1.82) is 0 Å². The summed E-state index contributed by atoms with van der Waals surface area (Å²) in [6.45, 7) is 3.51. The molecule has 0 aromatic heterocycles. The van der Waals surface area contributed by atoms with Gasteiger partial charge in [0.25, 0.3) is 5.70 Å². The molecule has 0 atom stereocenters. The Balaban J connectivity index is 2.56. The summed E-state index contributed by atoms with van der Waals surface area (Å²) in [5, 5.41) is 10.8. The third kappa shape index (κ3) is 2.23. The standard InChI is InChI=1S/C14H11NO2/c1-11(15(16)17)13-9-5-6-10-14(13)12-7-3-2-4-8-12/h2-10H,1H2. The molecule has 2 aromatic carbocycles. The van der Waals surface area contributed by atoms with Gasteiger partial charge in [-0.1, -0.05) is 48.5 Å². The Labute approximate surface area is 99.2 Å². The lowest BCUT2D eigenvalue weighted by molar-refractivity contribution is -0.374. The van der Waals surface area contributed by atoms with Crippen LogP contribution in [-0.4, -0.2) is 4.92 Å². The zero-order chi connectivity index (χ0) is 12.3. The highest BCUT2D eigenvalue weighted by atomic mass is 16.6. The van der Waals surface area contributed by atoms with E-state index in [1.54, 1.807) is 12.1 Å². The summed E-state index contributed by atoms with van der Waals surface area (Å²) in [5.41, 5.74) is 2.26. The average Bonchev–Trinajstić information content (AvgIpc) is 2.39. The van der Waals surface area contributed by atoms with E-state index in [2.05, 4.69) is 6.58 Å². The van der Waals surface area contributed by atoms with Gasteiger partial charge in [0, 0.05) is 0 Å². The van der Waals surface area contributed by atoms with Crippen molar-refractivity contribution < 1.29 is 4.92 Å². The van der Waals surface area contributed by atoms with Crippen LogP contribution in [0.3, 0.4) is 0 Å². The summed E-state index contributed by atoms with van der Waals surface area (Å²) >= 11 is 0. The van der Waals surface area contributed by atoms with E-state index in [0.29, 0.717) is 5.56 Å². The number of hydrogen-bond acceptors (Lipinski definition) is 2. The molecule has 0 spiro atoms. The van der Waals surface area contributed by atoms with Gasteiger partial charge in [-0.05, 0) is 23.8 Å². The zero-order valence-corrected chi connectivity index (χ0v) is 9.17. The molecule has 0 N–H and O–H groups in total. The predicted octanol–water partition coefficient (Wildman–Crippen LogP) is 3.60. The van der Waals surface area contributed by atoms with Gasteiger partial charge >= 0.3 is 0 Å². The SMILES string of the molecule is C=C(c1ccccc1-c1ccccc1)[N+](=O)[O-]. The van der Waals surface area contributed by atoms with Gasteiger partial charge in [-0.25, -0.2) is 0 Å². The Hall–Kier alpha value is -2.42. The van der Waals surface area contributed by atoms with Gasteiger partial charge in [0.2, 0.25) is 0 Å². The molecule has 0 amide bonds. The largest absolute Gasteiger partial charge is 0.270 e. The molecule has 0 saturated carbocycles. The maximum Gasteiger partial charge on any atom is 0.270 e. The Morgan fingerprint density at radius 2 is 1.59 bits per heavy atom. The molecule has 0 fully saturated rings. The molecule has 3 heteroatoms. The molecule has 2 rings (SSSR count). The third-order valence-corrected chi connectivity index (χ3v) is 2.54. The molecule has 0 unspecified atom stereocenters. The van der Waals surface area contributed by atoms with E-state index in [1.165, 1.54) is 0 Å². The summed E-state index contributed by atoms with van der Waals surface area (Å²) in [6.07, 6.45) is 0. The van der Waals surface area contributed by atoms with Crippen LogP contribution >= 0.6 is 0 Å². The second-order valence-electron chi connectivity index (χ2n) is 3.62. The molecule has 3 nitrogen and oxygen atoms in total. The van der Waals surface area contributed by atoms with Crippen molar-refractivity contribution in [2.24, 2.45) is 0 Å². The predicted molar refractivity (Wildman–Crippen MR) is 67.9 cm³/mol. The monoisotopic (exact) mass is 225 g/mol. The zero-order valence-electron chi connectivity index (χ0n) is 9.17. The van der Waals surface area contributed by atoms with Crippen LogP contribution in [0.2, 0.25) is 0 Å². The first-order valence-electron chi connectivity index (χ1n) is 5.18. The molecule has 17 heavy (non-hydrogen) atoms. The topological polar surface area (TPSA) is 43.1 Å². The normalized spacial score (nSPS) is 9.88. The van der Waals surface area contributed by atoms with E-state index in [4.69, 9.17) is 0 Å². The van der Waals surface area contributed by atoms with E-state index in [0.717, 1.165) is 11.1 Å². The molecule has 0 aliphatic rings. The van der Waals surface area contributed by atoms with Crippen molar-refractivity contribution in [2.45, 2.75) is 0 Å². The second kappa shape index (κ2) is 4.61. The van der Waals surface area contributed by atoms with Gasteiger partial charge in [-0.3, -0.25) is 10.1 Å². The number of nitro groups is 1. The van der Waals surface area contributed by atoms with Gasteiger partial charge in [-0.2, -0.15) is 0 Å². The summed E-state index contributed by atoms with van der Waals surface area (Å²) in [4.78, 5) is 10.3.